The highest BCUT2D eigenvalue weighted by Crippen LogP contribution is 2.23. The summed E-state index contributed by atoms with van der Waals surface area (Å²) in [5.41, 5.74) is 0. The van der Waals surface area contributed by atoms with Gasteiger partial charge < -0.3 is 9.47 Å². The van der Waals surface area contributed by atoms with Crippen molar-refractivity contribution in [2.75, 3.05) is 14.2 Å². The van der Waals surface area contributed by atoms with Gasteiger partial charge in [0.2, 0.25) is 11.8 Å². The van der Waals surface area contributed by atoms with Crippen molar-refractivity contribution in [3.63, 3.8) is 0 Å². The molecule has 0 amide bonds. The second kappa shape index (κ2) is 7.51. The number of hydrogen-bond donors (Lipinski definition) is 0. The minimum absolute atomic E-state index is 0.0137. The lowest BCUT2D eigenvalue weighted by Crippen LogP contribution is -2.38. The summed E-state index contributed by atoms with van der Waals surface area (Å²) in [5.74, 6) is 2.51. The van der Waals surface area contributed by atoms with Crippen molar-refractivity contribution >= 4 is 11.8 Å². The zero-order valence-corrected chi connectivity index (χ0v) is 13.1. The van der Waals surface area contributed by atoms with Crippen molar-refractivity contribution in [3.05, 3.63) is 0 Å². The zero-order valence-electron chi connectivity index (χ0n) is 13.1. The van der Waals surface area contributed by atoms with Crippen LogP contribution in [0.4, 0.5) is 0 Å². The van der Waals surface area contributed by atoms with Crippen LogP contribution >= 0.6 is 0 Å². The summed E-state index contributed by atoms with van der Waals surface area (Å²) in [6, 6.07) is -0.00208. The van der Waals surface area contributed by atoms with Crippen LogP contribution in [0.15, 0.2) is 9.98 Å². The normalized spacial score (nSPS) is 23.4. The van der Waals surface area contributed by atoms with E-state index in [1.165, 1.54) is 0 Å². The molecule has 1 aliphatic heterocycles. The summed E-state index contributed by atoms with van der Waals surface area (Å²) in [4.78, 5) is 9.42. The molecular formula is C15H28N2O2. The maximum absolute atomic E-state index is 5.45. The van der Waals surface area contributed by atoms with Crippen molar-refractivity contribution in [2.24, 2.45) is 21.8 Å². The lowest BCUT2D eigenvalue weighted by Gasteiger charge is -2.28. The second-order valence-corrected chi connectivity index (χ2v) is 5.47. The van der Waals surface area contributed by atoms with Crippen LogP contribution in [0.3, 0.4) is 0 Å². The summed E-state index contributed by atoms with van der Waals surface area (Å²) < 4.78 is 10.9. The number of hydrogen-bond acceptors (Lipinski definition) is 4. The molecule has 2 atom stereocenters. The van der Waals surface area contributed by atoms with E-state index < -0.39 is 0 Å². The monoisotopic (exact) mass is 268 g/mol. The van der Waals surface area contributed by atoms with Gasteiger partial charge in [0.1, 0.15) is 12.1 Å². The molecule has 4 heteroatoms. The van der Waals surface area contributed by atoms with Gasteiger partial charge in [-0.1, -0.05) is 40.5 Å². The molecule has 0 saturated carbocycles. The molecule has 0 fully saturated rings. The van der Waals surface area contributed by atoms with Crippen LogP contribution < -0.4 is 0 Å². The molecule has 1 rings (SSSR count). The number of nitrogens with zero attached hydrogens (tertiary/aromatic N) is 2. The Morgan fingerprint density at radius 2 is 1.58 bits per heavy atom. The molecule has 0 saturated heterocycles. The van der Waals surface area contributed by atoms with Crippen LogP contribution in [0.2, 0.25) is 0 Å². The minimum Gasteiger partial charge on any atom is -0.483 e. The van der Waals surface area contributed by atoms with E-state index >= 15 is 0 Å². The maximum atomic E-state index is 5.45. The third-order valence-electron chi connectivity index (χ3n) is 3.85. The van der Waals surface area contributed by atoms with Crippen molar-refractivity contribution in [1.82, 2.24) is 0 Å². The van der Waals surface area contributed by atoms with E-state index in [-0.39, 0.29) is 12.1 Å². The predicted molar refractivity (Wildman–Crippen MR) is 80.0 cm³/mol. The Labute approximate surface area is 117 Å². The molecule has 4 nitrogen and oxygen atoms in total. The molecular weight excluding hydrogens is 240 g/mol. The van der Waals surface area contributed by atoms with Gasteiger partial charge in [-0.2, -0.15) is 0 Å². The molecule has 0 N–H and O–H groups in total. The molecule has 110 valence electrons. The van der Waals surface area contributed by atoms with Gasteiger partial charge in [-0.05, 0) is 18.3 Å². The molecule has 1 heterocycles. The third kappa shape index (κ3) is 3.95. The first-order valence-corrected chi connectivity index (χ1v) is 7.30. The number of ether oxygens (including phenoxy) is 2. The van der Waals surface area contributed by atoms with Gasteiger partial charge in [-0.25, -0.2) is 9.98 Å². The van der Waals surface area contributed by atoms with E-state index in [1.54, 1.807) is 14.2 Å². The number of methoxy groups -OCH3 is 2. The predicted octanol–water partition coefficient (Wildman–Crippen LogP) is 3.31. The van der Waals surface area contributed by atoms with Gasteiger partial charge in [-0.3, -0.25) is 0 Å². The molecule has 0 spiro atoms. The largest absolute Gasteiger partial charge is 0.483 e. The van der Waals surface area contributed by atoms with E-state index in [2.05, 4.69) is 27.7 Å². The summed E-state index contributed by atoms with van der Waals surface area (Å²) >= 11 is 0. The highest BCUT2D eigenvalue weighted by Gasteiger charge is 2.31. The first-order chi connectivity index (χ1) is 9.07. The molecule has 1 aliphatic rings. The van der Waals surface area contributed by atoms with E-state index in [0.29, 0.717) is 11.8 Å². The molecule has 0 bridgehead atoms. The van der Waals surface area contributed by atoms with E-state index in [9.17, 15) is 0 Å². The van der Waals surface area contributed by atoms with E-state index in [1.807, 2.05) is 0 Å². The average molecular weight is 268 g/mol. The highest BCUT2D eigenvalue weighted by atomic mass is 16.5. The van der Waals surface area contributed by atoms with Crippen LogP contribution in [0.5, 0.6) is 0 Å². The van der Waals surface area contributed by atoms with Crippen LogP contribution in [-0.4, -0.2) is 38.1 Å². The van der Waals surface area contributed by atoms with E-state index in [0.717, 1.165) is 31.1 Å². The standard InChI is InChI=1S/C15H28N2O2/c1-7-11(8-2)9-12-14(18-5)17-13(10(3)4)15(16-12)19-6/h10-13H,7-9H2,1-6H3/t12-,13+/m0/s1. The van der Waals surface area contributed by atoms with Crippen molar-refractivity contribution < 1.29 is 9.47 Å². The van der Waals surface area contributed by atoms with Gasteiger partial charge in [0.05, 0.1) is 14.2 Å². The van der Waals surface area contributed by atoms with Crippen molar-refractivity contribution in [1.29, 1.82) is 0 Å². The Morgan fingerprint density at radius 3 is 2.00 bits per heavy atom. The van der Waals surface area contributed by atoms with Gasteiger partial charge in [0, 0.05) is 0 Å². The fourth-order valence-corrected chi connectivity index (χ4v) is 2.45. The summed E-state index contributed by atoms with van der Waals surface area (Å²) in [6.45, 7) is 8.69. The molecule has 0 radical (unpaired) electrons. The lowest BCUT2D eigenvalue weighted by atomic mass is 9.93. The van der Waals surface area contributed by atoms with Gasteiger partial charge in [0.15, 0.2) is 0 Å². The molecule has 0 unspecified atom stereocenters. The van der Waals surface area contributed by atoms with Gasteiger partial charge >= 0.3 is 0 Å². The Balaban J connectivity index is 2.91. The van der Waals surface area contributed by atoms with Gasteiger partial charge in [0.25, 0.3) is 0 Å². The fourth-order valence-electron chi connectivity index (χ4n) is 2.45. The maximum Gasteiger partial charge on any atom is 0.209 e. The van der Waals surface area contributed by atoms with E-state index in [4.69, 9.17) is 19.5 Å². The Bertz CT molecular complexity index is 333. The fraction of sp³-hybridized carbons (Fsp3) is 0.867. The van der Waals surface area contributed by atoms with Gasteiger partial charge in [-0.15, -0.1) is 0 Å². The second-order valence-electron chi connectivity index (χ2n) is 5.47. The summed E-state index contributed by atoms with van der Waals surface area (Å²) in [6.07, 6.45) is 3.31. The van der Waals surface area contributed by atoms with Crippen molar-refractivity contribution in [2.45, 2.75) is 59.0 Å². The Morgan fingerprint density at radius 1 is 1.00 bits per heavy atom. The quantitative estimate of drug-likeness (QED) is 0.767. The van der Waals surface area contributed by atoms with Crippen LogP contribution in [0.1, 0.15) is 47.0 Å². The molecule has 0 aromatic carbocycles. The Kier molecular flexibility index (Phi) is 6.32. The van der Waals surface area contributed by atoms with Crippen LogP contribution in [0, 0.1) is 11.8 Å². The minimum atomic E-state index is -0.0158. The number of rotatable bonds is 5. The average Bonchev–Trinajstić information content (AvgIpc) is 2.43. The summed E-state index contributed by atoms with van der Waals surface area (Å²) in [7, 11) is 3.36. The zero-order chi connectivity index (χ0) is 14.4. The topological polar surface area (TPSA) is 43.2 Å². The summed E-state index contributed by atoms with van der Waals surface area (Å²) in [5, 5.41) is 0. The lowest BCUT2D eigenvalue weighted by molar-refractivity contribution is 0.319. The van der Waals surface area contributed by atoms with Crippen LogP contribution in [0.25, 0.3) is 0 Å². The first kappa shape index (κ1) is 16.0. The molecule has 19 heavy (non-hydrogen) atoms. The van der Waals surface area contributed by atoms with Crippen LogP contribution in [-0.2, 0) is 9.47 Å². The first-order valence-electron chi connectivity index (χ1n) is 7.30. The third-order valence-corrected chi connectivity index (χ3v) is 3.85. The SMILES string of the molecule is CCC(CC)C[C@@H]1N=C(OC)[C@@H](C(C)C)N=C1OC. The smallest absolute Gasteiger partial charge is 0.209 e. The Hall–Kier alpha value is -1.06. The van der Waals surface area contributed by atoms with Crippen molar-refractivity contribution in [3.8, 4) is 0 Å². The molecule has 0 aliphatic carbocycles. The number of aliphatic imine (C=N–C) groups is 2. The molecule has 0 aromatic heterocycles. The molecule has 0 aromatic rings. The highest BCUT2D eigenvalue weighted by molar-refractivity contribution is 5.94.